The van der Waals surface area contributed by atoms with Crippen LogP contribution < -0.4 is 17.2 Å². The van der Waals surface area contributed by atoms with E-state index in [1.165, 1.54) is 0 Å². The average molecular weight is 212 g/mol. The third kappa shape index (κ3) is 4.22. The maximum atomic E-state index is 5.76. The van der Waals surface area contributed by atoms with Crippen molar-refractivity contribution in [1.82, 2.24) is 4.90 Å². The third-order valence-corrected chi connectivity index (χ3v) is 2.46. The summed E-state index contributed by atoms with van der Waals surface area (Å²) in [5, 5.41) is 0. The van der Waals surface area contributed by atoms with Gasteiger partial charge in [0.05, 0.1) is 11.9 Å². The van der Waals surface area contributed by atoms with Crippen LogP contribution in [-0.4, -0.2) is 37.7 Å². The number of hydrogen-bond acceptors (Lipinski definition) is 5. The van der Waals surface area contributed by atoms with Crippen LogP contribution in [-0.2, 0) is 4.74 Å². The van der Waals surface area contributed by atoms with Crippen LogP contribution in [0, 0.1) is 0 Å². The lowest BCUT2D eigenvalue weighted by molar-refractivity contribution is -0.0284. The number of nitrogens with zero attached hydrogens (tertiary/aromatic N) is 1. The largest absolute Gasteiger partial charge is 0.402 e. The highest BCUT2D eigenvalue weighted by Crippen LogP contribution is 2.11. The second kappa shape index (κ2) is 5.63. The van der Waals surface area contributed by atoms with Gasteiger partial charge in [-0.05, 0) is 18.6 Å². The van der Waals surface area contributed by atoms with E-state index in [0.29, 0.717) is 6.10 Å². The van der Waals surface area contributed by atoms with Crippen molar-refractivity contribution >= 4 is 0 Å². The number of rotatable bonds is 5. The minimum Gasteiger partial charge on any atom is -0.402 e. The lowest BCUT2D eigenvalue weighted by Crippen LogP contribution is -2.51. The Kier molecular flexibility index (Phi) is 4.45. The summed E-state index contributed by atoms with van der Waals surface area (Å²) >= 11 is 0. The predicted octanol–water partition coefficient (Wildman–Crippen LogP) is -0.691. The van der Waals surface area contributed by atoms with E-state index in [9.17, 15) is 0 Å². The molecule has 6 N–H and O–H groups in total. The van der Waals surface area contributed by atoms with E-state index >= 15 is 0 Å². The van der Waals surface area contributed by atoms with Gasteiger partial charge in [0.1, 0.15) is 0 Å². The SMILES string of the molecule is COC1CN(CC/C(N)=C/C=C(N)N)C1. The second-order valence-corrected chi connectivity index (χ2v) is 3.78. The molecule has 0 aromatic carbocycles. The number of methoxy groups -OCH3 is 1. The van der Waals surface area contributed by atoms with Crippen molar-refractivity contribution in [3.8, 4) is 0 Å². The lowest BCUT2D eigenvalue weighted by Gasteiger charge is -2.38. The van der Waals surface area contributed by atoms with Gasteiger partial charge in [-0.25, -0.2) is 0 Å². The highest BCUT2D eigenvalue weighted by Gasteiger charge is 2.25. The van der Waals surface area contributed by atoms with E-state index in [1.54, 1.807) is 19.3 Å². The van der Waals surface area contributed by atoms with Crippen LogP contribution in [0.1, 0.15) is 6.42 Å². The van der Waals surface area contributed by atoms with E-state index in [0.717, 1.165) is 31.8 Å². The van der Waals surface area contributed by atoms with Gasteiger partial charge in [0.2, 0.25) is 0 Å². The molecule has 0 amide bonds. The first kappa shape index (κ1) is 11.9. The maximum Gasteiger partial charge on any atom is 0.0934 e. The molecule has 1 saturated heterocycles. The number of allylic oxidation sites excluding steroid dienone is 2. The van der Waals surface area contributed by atoms with Gasteiger partial charge < -0.3 is 21.9 Å². The first-order valence-electron chi connectivity index (χ1n) is 5.04. The van der Waals surface area contributed by atoms with Crippen LogP contribution in [0.25, 0.3) is 0 Å². The molecule has 1 fully saturated rings. The Morgan fingerprint density at radius 1 is 1.33 bits per heavy atom. The molecule has 1 heterocycles. The van der Waals surface area contributed by atoms with Crippen molar-refractivity contribution in [2.75, 3.05) is 26.7 Å². The van der Waals surface area contributed by atoms with E-state index in [4.69, 9.17) is 21.9 Å². The molecule has 0 aliphatic carbocycles. The molecule has 5 nitrogen and oxygen atoms in total. The fourth-order valence-corrected chi connectivity index (χ4v) is 1.43. The van der Waals surface area contributed by atoms with E-state index < -0.39 is 0 Å². The predicted molar refractivity (Wildman–Crippen MR) is 60.6 cm³/mol. The smallest absolute Gasteiger partial charge is 0.0934 e. The fraction of sp³-hybridized carbons (Fsp3) is 0.600. The standard InChI is InChI=1S/C10H20N4O/c1-15-9-6-14(7-9)5-4-8(11)2-3-10(12)13/h2-3,9H,4-7,11-13H2,1H3/b8-2-. The Hall–Kier alpha value is -1.20. The second-order valence-electron chi connectivity index (χ2n) is 3.78. The van der Waals surface area contributed by atoms with Crippen molar-refractivity contribution in [2.24, 2.45) is 17.2 Å². The van der Waals surface area contributed by atoms with Gasteiger partial charge in [-0.15, -0.1) is 0 Å². The first-order chi connectivity index (χ1) is 7.11. The molecule has 0 saturated carbocycles. The molecule has 5 heteroatoms. The quantitative estimate of drug-likeness (QED) is 0.525. The highest BCUT2D eigenvalue weighted by molar-refractivity contribution is 5.12. The summed E-state index contributed by atoms with van der Waals surface area (Å²) in [6.07, 6.45) is 4.60. The molecule has 1 aliphatic heterocycles. The van der Waals surface area contributed by atoms with E-state index in [2.05, 4.69) is 4.90 Å². The first-order valence-corrected chi connectivity index (χ1v) is 5.04. The molecular formula is C10H20N4O. The topological polar surface area (TPSA) is 90.5 Å². The number of hydrogen-bond donors (Lipinski definition) is 3. The van der Waals surface area contributed by atoms with Gasteiger partial charge in [0.25, 0.3) is 0 Å². The molecule has 0 aromatic rings. The number of nitrogens with two attached hydrogens (primary N) is 3. The van der Waals surface area contributed by atoms with Crippen molar-refractivity contribution in [3.63, 3.8) is 0 Å². The van der Waals surface area contributed by atoms with Gasteiger partial charge in [-0.1, -0.05) is 0 Å². The Balaban J connectivity index is 2.15. The molecule has 0 atom stereocenters. The molecule has 1 aliphatic rings. The summed E-state index contributed by atoms with van der Waals surface area (Å²) in [6, 6.07) is 0. The molecular weight excluding hydrogens is 192 g/mol. The van der Waals surface area contributed by atoms with Gasteiger partial charge in [0, 0.05) is 32.4 Å². The molecule has 0 bridgehead atoms. The van der Waals surface area contributed by atoms with Crippen molar-refractivity contribution in [3.05, 3.63) is 23.7 Å². The number of ether oxygens (including phenoxy) is 1. The van der Waals surface area contributed by atoms with Crippen LogP contribution in [0.15, 0.2) is 23.7 Å². The van der Waals surface area contributed by atoms with Gasteiger partial charge in [0.15, 0.2) is 0 Å². The van der Waals surface area contributed by atoms with Gasteiger partial charge in [-0.2, -0.15) is 0 Å². The zero-order valence-corrected chi connectivity index (χ0v) is 9.15. The summed E-state index contributed by atoms with van der Waals surface area (Å²) in [5.74, 6) is 0.279. The van der Waals surface area contributed by atoms with Crippen molar-refractivity contribution in [1.29, 1.82) is 0 Å². The van der Waals surface area contributed by atoms with Crippen LogP contribution in [0.2, 0.25) is 0 Å². The third-order valence-electron chi connectivity index (χ3n) is 2.46. The van der Waals surface area contributed by atoms with E-state index in [-0.39, 0.29) is 5.82 Å². The molecule has 86 valence electrons. The minimum absolute atomic E-state index is 0.279. The highest BCUT2D eigenvalue weighted by atomic mass is 16.5. The minimum atomic E-state index is 0.279. The summed E-state index contributed by atoms with van der Waals surface area (Å²) in [4.78, 5) is 2.30. The normalized spacial score (nSPS) is 18.6. The Labute approximate surface area is 90.5 Å². The van der Waals surface area contributed by atoms with Crippen molar-refractivity contribution < 1.29 is 4.74 Å². The summed E-state index contributed by atoms with van der Waals surface area (Å²) in [5.41, 5.74) is 17.1. The fourth-order valence-electron chi connectivity index (χ4n) is 1.43. The van der Waals surface area contributed by atoms with Gasteiger partial charge >= 0.3 is 0 Å². The van der Waals surface area contributed by atoms with Crippen molar-refractivity contribution in [2.45, 2.75) is 12.5 Å². The molecule has 0 radical (unpaired) electrons. The molecule has 0 unspecified atom stereocenters. The van der Waals surface area contributed by atoms with Crippen LogP contribution in [0.5, 0.6) is 0 Å². The van der Waals surface area contributed by atoms with E-state index in [1.807, 2.05) is 0 Å². The summed E-state index contributed by atoms with van der Waals surface area (Å²) < 4.78 is 5.17. The summed E-state index contributed by atoms with van der Waals surface area (Å²) in [7, 11) is 1.74. The molecule has 0 aromatic heterocycles. The van der Waals surface area contributed by atoms with Crippen LogP contribution in [0.4, 0.5) is 0 Å². The average Bonchev–Trinajstić information content (AvgIpc) is 2.12. The molecule has 1 rings (SSSR count). The lowest BCUT2D eigenvalue weighted by atomic mass is 10.1. The zero-order chi connectivity index (χ0) is 11.3. The Morgan fingerprint density at radius 2 is 2.00 bits per heavy atom. The molecule has 15 heavy (non-hydrogen) atoms. The number of likely N-dealkylation sites (tertiary alicyclic amines) is 1. The Bertz CT molecular complexity index is 252. The zero-order valence-electron chi connectivity index (χ0n) is 9.15. The molecule has 0 spiro atoms. The maximum absolute atomic E-state index is 5.76. The summed E-state index contributed by atoms with van der Waals surface area (Å²) in [6.45, 7) is 2.96. The van der Waals surface area contributed by atoms with Gasteiger partial charge in [-0.3, -0.25) is 4.90 Å². The Morgan fingerprint density at radius 3 is 2.53 bits per heavy atom. The van der Waals surface area contributed by atoms with Crippen LogP contribution in [0.3, 0.4) is 0 Å². The van der Waals surface area contributed by atoms with Crippen LogP contribution >= 0.6 is 0 Å². The monoisotopic (exact) mass is 212 g/mol.